The van der Waals surface area contributed by atoms with Crippen molar-refractivity contribution in [2.75, 3.05) is 23.0 Å². The first-order valence-corrected chi connectivity index (χ1v) is 10.2. The summed E-state index contributed by atoms with van der Waals surface area (Å²) in [5.74, 6) is 0.688. The fourth-order valence-corrected chi connectivity index (χ4v) is 3.04. The van der Waals surface area contributed by atoms with Gasteiger partial charge in [0.2, 0.25) is 11.9 Å². The van der Waals surface area contributed by atoms with E-state index in [1.54, 1.807) is 31.3 Å². The molecule has 2 aromatic carbocycles. The van der Waals surface area contributed by atoms with Crippen LogP contribution in [0.3, 0.4) is 0 Å². The van der Waals surface area contributed by atoms with Crippen molar-refractivity contribution in [3.05, 3.63) is 65.3 Å². The Labute approximate surface area is 184 Å². The van der Waals surface area contributed by atoms with Crippen LogP contribution in [0.25, 0.3) is 0 Å². The Morgan fingerprint density at radius 2 is 1.71 bits per heavy atom. The molecule has 4 N–H and O–H groups in total. The molecule has 0 unspecified atom stereocenters. The Hall–Kier alpha value is -3.65. The average Bonchev–Trinajstić information content (AvgIpc) is 3.63. The highest BCUT2D eigenvalue weighted by Crippen LogP contribution is 2.33. The number of anilines is 5. The number of para-hydroxylation sites is 2. The van der Waals surface area contributed by atoms with E-state index in [0.29, 0.717) is 33.7 Å². The fraction of sp³-hybridized carbons (Fsp3) is 0.182. The van der Waals surface area contributed by atoms with E-state index < -0.39 is 0 Å². The molecule has 0 spiro atoms. The molecule has 2 amide bonds. The molecule has 1 aliphatic carbocycles. The maximum Gasteiger partial charge on any atom is 0.251 e. The number of carbonyl (C=O) groups excluding carboxylic acids is 2. The molecule has 4 rings (SSSR count). The van der Waals surface area contributed by atoms with Crippen LogP contribution in [0.1, 0.15) is 23.2 Å². The van der Waals surface area contributed by atoms with Gasteiger partial charge in [0.05, 0.1) is 17.6 Å². The lowest BCUT2D eigenvalue weighted by molar-refractivity contribution is -0.117. The summed E-state index contributed by atoms with van der Waals surface area (Å²) < 4.78 is 0. The standard InChI is InChI=1S/C22H21ClN6O2/c1-24-20(30)13-8-10-15(11-9-13)26-22-25-12-16(23)19(29-22)27-17-4-2-3-5-18(17)28-21(31)14-6-7-14/h2-5,8-12,14H,6-7H2,1H3,(H,24,30)(H,28,31)(H2,25,26,27,29). The number of carbonyl (C=O) groups is 2. The van der Waals surface area contributed by atoms with E-state index in [4.69, 9.17) is 11.6 Å². The number of rotatable bonds is 7. The van der Waals surface area contributed by atoms with Gasteiger partial charge in [0.15, 0.2) is 5.82 Å². The van der Waals surface area contributed by atoms with Crippen molar-refractivity contribution < 1.29 is 9.59 Å². The summed E-state index contributed by atoms with van der Waals surface area (Å²) in [6, 6.07) is 14.3. The van der Waals surface area contributed by atoms with Crippen LogP contribution in [0.5, 0.6) is 0 Å². The Kier molecular flexibility index (Phi) is 5.99. The van der Waals surface area contributed by atoms with Crippen molar-refractivity contribution in [1.82, 2.24) is 15.3 Å². The number of benzene rings is 2. The molecule has 1 aromatic heterocycles. The highest BCUT2D eigenvalue weighted by atomic mass is 35.5. The normalized spacial score (nSPS) is 12.7. The van der Waals surface area contributed by atoms with Crippen molar-refractivity contribution in [2.24, 2.45) is 5.92 Å². The quantitative estimate of drug-likeness (QED) is 0.439. The molecule has 0 saturated heterocycles. The monoisotopic (exact) mass is 436 g/mol. The van der Waals surface area contributed by atoms with Gasteiger partial charge in [-0.2, -0.15) is 4.98 Å². The fourth-order valence-electron chi connectivity index (χ4n) is 2.90. The van der Waals surface area contributed by atoms with Crippen molar-refractivity contribution in [3.8, 4) is 0 Å². The number of nitrogens with one attached hydrogen (secondary N) is 4. The van der Waals surface area contributed by atoms with Gasteiger partial charge >= 0.3 is 0 Å². The molecule has 0 aliphatic heterocycles. The van der Waals surface area contributed by atoms with Crippen LogP contribution in [0, 0.1) is 5.92 Å². The summed E-state index contributed by atoms with van der Waals surface area (Å²) in [6.45, 7) is 0. The zero-order valence-corrected chi connectivity index (χ0v) is 17.5. The first-order valence-electron chi connectivity index (χ1n) is 9.82. The minimum atomic E-state index is -0.159. The molecular weight excluding hydrogens is 416 g/mol. The molecule has 1 fully saturated rings. The summed E-state index contributed by atoms with van der Waals surface area (Å²) in [5, 5.41) is 12.1. The molecule has 8 nitrogen and oxygen atoms in total. The van der Waals surface area contributed by atoms with E-state index in [2.05, 4.69) is 31.2 Å². The van der Waals surface area contributed by atoms with Crippen LogP contribution in [0.2, 0.25) is 5.02 Å². The minimum absolute atomic E-state index is 0.0191. The summed E-state index contributed by atoms with van der Waals surface area (Å²) in [7, 11) is 1.58. The van der Waals surface area contributed by atoms with E-state index in [9.17, 15) is 9.59 Å². The molecule has 1 heterocycles. The topological polar surface area (TPSA) is 108 Å². The molecule has 1 saturated carbocycles. The third-order valence-corrected chi connectivity index (χ3v) is 5.04. The largest absolute Gasteiger partial charge is 0.355 e. The van der Waals surface area contributed by atoms with Crippen molar-refractivity contribution in [1.29, 1.82) is 0 Å². The second-order valence-corrected chi connectivity index (χ2v) is 7.51. The van der Waals surface area contributed by atoms with Gasteiger partial charge in [-0.25, -0.2) is 4.98 Å². The van der Waals surface area contributed by atoms with Crippen LogP contribution in [-0.4, -0.2) is 28.8 Å². The van der Waals surface area contributed by atoms with Gasteiger partial charge in [-0.15, -0.1) is 0 Å². The molecule has 3 aromatic rings. The lowest BCUT2D eigenvalue weighted by Gasteiger charge is -2.14. The van der Waals surface area contributed by atoms with Gasteiger partial charge in [-0.05, 0) is 49.2 Å². The van der Waals surface area contributed by atoms with Gasteiger partial charge in [0.1, 0.15) is 5.02 Å². The second kappa shape index (κ2) is 9.01. The average molecular weight is 437 g/mol. The molecule has 0 bridgehead atoms. The zero-order chi connectivity index (χ0) is 21.8. The van der Waals surface area contributed by atoms with Gasteiger partial charge in [-0.3, -0.25) is 9.59 Å². The summed E-state index contributed by atoms with van der Waals surface area (Å²) >= 11 is 6.29. The molecule has 158 valence electrons. The molecule has 0 atom stereocenters. The lowest BCUT2D eigenvalue weighted by atomic mass is 10.2. The number of hydrogen-bond acceptors (Lipinski definition) is 6. The molecule has 9 heteroatoms. The van der Waals surface area contributed by atoms with Gasteiger partial charge in [-0.1, -0.05) is 23.7 Å². The van der Waals surface area contributed by atoms with Gasteiger partial charge in [0, 0.05) is 24.2 Å². The van der Waals surface area contributed by atoms with Gasteiger partial charge < -0.3 is 21.3 Å². The number of nitrogens with zero attached hydrogens (tertiary/aromatic N) is 2. The molecular formula is C22H21ClN6O2. The second-order valence-electron chi connectivity index (χ2n) is 7.11. The summed E-state index contributed by atoms with van der Waals surface area (Å²) in [4.78, 5) is 32.5. The van der Waals surface area contributed by atoms with Crippen LogP contribution in [0.4, 0.5) is 28.8 Å². The third kappa shape index (κ3) is 5.10. The summed E-state index contributed by atoms with van der Waals surface area (Å²) in [5.41, 5.74) is 2.61. The van der Waals surface area contributed by atoms with E-state index >= 15 is 0 Å². The predicted molar refractivity (Wildman–Crippen MR) is 121 cm³/mol. The Balaban J connectivity index is 1.51. The number of halogens is 1. The highest BCUT2D eigenvalue weighted by Gasteiger charge is 2.30. The highest BCUT2D eigenvalue weighted by molar-refractivity contribution is 6.33. The Bertz CT molecular complexity index is 1120. The first-order chi connectivity index (χ1) is 15.0. The van der Waals surface area contributed by atoms with Crippen LogP contribution < -0.4 is 21.3 Å². The van der Waals surface area contributed by atoms with Crippen molar-refractivity contribution in [2.45, 2.75) is 12.8 Å². The van der Waals surface area contributed by atoms with Crippen molar-refractivity contribution >= 4 is 52.2 Å². The molecule has 1 aliphatic rings. The van der Waals surface area contributed by atoms with Crippen LogP contribution >= 0.6 is 11.6 Å². The smallest absolute Gasteiger partial charge is 0.251 e. The maximum atomic E-state index is 12.2. The number of amides is 2. The Morgan fingerprint density at radius 1 is 1.00 bits per heavy atom. The zero-order valence-electron chi connectivity index (χ0n) is 16.8. The van der Waals surface area contributed by atoms with E-state index in [1.165, 1.54) is 6.20 Å². The predicted octanol–water partition coefficient (Wildman–Crippen LogP) is 4.33. The minimum Gasteiger partial charge on any atom is -0.355 e. The van der Waals surface area contributed by atoms with E-state index in [-0.39, 0.29) is 17.7 Å². The van der Waals surface area contributed by atoms with E-state index in [1.807, 2.05) is 24.3 Å². The molecule has 31 heavy (non-hydrogen) atoms. The van der Waals surface area contributed by atoms with Crippen LogP contribution in [-0.2, 0) is 4.79 Å². The summed E-state index contributed by atoms with van der Waals surface area (Å²) in [6.07, 6.45) is 3.35. The first kappa shape index (κ1) is 20.6. The molecule has 0 radical (unpaired) electrons. The van der Waals surface area contributed by atoms with Crippen molar-refractivity contribution in [3.63, 3.8) is 0 Å². The maximum absolute atomic E-state index is 12.2. The Morgan fingerprint density at radius 3 is 2.39 bits per heavy atom. The third-order valence-electron chi connectivity index (χ3n) is 4.76. The van der Waals surface area contributed by atoms with E-state index in [0.717, 1.165) is 18.5 Å². The lowest BCUT2D eigenvalue weighted by Crippen LogP contribution is -2.17. The number of aromatic nitrogens is 2. The van der Waals surface area contributed by atoms with Crippen LogP contribution in [0.15, 0.2) is 54.7 Å². The number of hydrogen-bond donors (Lipinski definition) is 4. The van der Waals surface area contributed by atoms with Gasteiger partial charge in [0.25, 0.3) is 5.91 Å². The SMILES string of the molecule is CNC(=O)c1ccc(Nc2ncc(Cl)c(Nc3ccccc3NC(=O)C3CC3)n2)cc1.